The quantitative estimate of drug-likeness (QED) is 0.789. The maximum Gasteiger partial charge on any atom is 0.242 e. The highest BCUT2D eigenvalue weighted by atomic mass is 19.1. The molecular formula is C14H17FN2O. The average Bonchev–Trinajstić information content (AvgIpc) is 2.49. The van der Waals surface area contributed by atoms with Gasteiger partial charge in [0.25, 0.3) is 0 Å². The normalized spacial score (nSPS) is 20.2. The predicted octanol–water partition coefficient (Wildman–Crippen LogP) is 2.38. The first-order valence-corrected chi connectivity index (χ1v) is 6.03. The zero-order chi connectivity index (χ0) is 13.1. The summed E-state index contributed by atoms with van der Waals surface area (Å²) in [7, 11) is 0. The predicted molar refractivity (Wildman–Crippen MR) is 69.9 cm³/mol. The average molecular weight is 248 g/mol. The van der Waals surface area contributed by atoms with Crippen molar-refractivity contribution in [3.05, 3.63) is 41.7 Å². The second kappa shape index (κ2) is 5.21. The van der Waals surface area contributed by atoms with E-state index in [9.17, 15) is 9.18 Å². The number of benzene rings is 1. The van der Waals surface area contributed by atoms with Crippen molar-refractivity contribution in [3.63, 3.8) is 0 Å². The van der Waals surface area contributed by atoms with Gasteiger partial charge >= 0.3 is 0 Å². The van der Waals surface area contributed by atoms with Crippen molar-refractivity contribution in [2.45, 2.75) is 25.8 Å². The Kier molecular flexibility index (Phi) is 3.65. The molecule has 0 radical (unpaired) electrons. The summed E-state index contributed by atoms with van der Waals surface area (Å²) in [6.45, 7) is 6.11. The number of aryl methyl sites for hydroxylation is 1. The zero-order valence-electron chi connectivity index (χ0n) is 10.4. The molecule has 1 fully saturated rings. The molecule has 1 aromatic rings. The fraction of sp³-hybridized carbons (Fsp3) is 0.357. The second-order valence-electron chi connectivity index (χ2n) is 4.67. The van der Waals surface area contributed by atoms with E-state index in [0.29, 0.717) is 24.2 Å². The van der Waals surface area contributed by atoms with Crippen LogP contribution in [0.1, 0.15) is 18.4 Å². The van der Waals surface area contributed by atoms with Crippen molar-refractivity contribution in [2.75, 3.05) is 11.9 Å². The van der Waals surface area contributed by atoms with Gasteiger partial charge in [0.05, 0.1) is 0 Å². The van der Waals surface area contributed by atoms with Gasteiger partial charge in [0, 0.05) is 12.2 Å². The number of nitrogens with one attached hydrogen (secondary N) is 2. The number of hydrogen-bond acceptors (Lipinski definition) is 2. The van der Waals surface area contributed by atoms with E-state index in [1.165, 1.54) is 6.07 Å². The van der Waals surface area contributed by atoms with Gasteiger partial charge in [-0.25, -0.2) is 4.39 Å². The molecule has 1 heterocycles. The van der Waals surface area contributed by atoms with Crippen molar-refractivity contribution in [1.82, 2.24) is 5.32 Å². The Morgan fingerprint density at radius 2 is 2.28 bits per heavy atom. The Hall–Kier alpha value is -1.84. The van der Waals surface area contributed by atoms with Gasteiger partial charge in [-0.2, -0.15) is 0 Å². The van der Waals surface area contributed by atoms with E-state index >= 15 is 0 Å². The fourth-order valence-electron chi connectivity index (χ4n) is 1.92. The molecule has 18 heavy (non-hydrogen) atoms. The summed E-state index contributed by atoms with van der Waals surface area (Å²) < 4.78 is 13.4. The van der Waals surface area contributed by atoms with E-state index in [1.54, 1.807) is 19.1 Å². The molecular weight excluding hydrogens is 231 g/mol. The van der Waals surface area contributed by atoms with Crippen LogP contribution in [0.15, 0.2) is 30.4 Å². The number of hydrogen-bond donors (Lipinski definition) is 2. The third kappa shape index (κ3) is 2.88. The molecule has 0 aliphatic carbocycles. The molecule has 1 aliphatic rings. The third-order valence-corrected chi connectivity index (χ3v) is 3.13. The molecule has 1 amide bonds. The minimum absolute atomic E-state index is 0.0605. The van der Waals surface area contributed by atoms with Gasteiger partial charge < -0.3 is 10.6 Å². The molecule has 0 bridgehead atoms. The second-order valence-corrected chi connectivity index (χ2v) is 4.67. The molecule has 2 N–H and O–H groups in total. The van der Waals surface area contributed by atoms with E-state index < -0.39 is 0 Å². The Morgan fingerprint density at radius 1 is 1.50 bits per heavy atom. The van der Waals surface area contributed by atoms with Crippen LogP contribution in [0.5, 0.6) is 0 Å². The summed E-state index contributed by atoms with van der Waals surface area (Å²) in [5.74, 6) is -0.326. The van der Waals surface area contributed by atoms with Gasteiger partial charge in [-0.3, -0.25) is 4.79 Å². The number of anilines is 1. The van der Waals surface area contributed by atoms with Crippen LogP contribution >= 0.6 is 0 Å². The molecule has 2 rings (SSSR count). The molecule has 0 aromatic heterocycles. The highest BCUT2D eigenvalue weighted by molar-refractivity contribution is 5.85. The molecule has 1 atom stereocenters. The summed E-state index contributed by atoms with van der Waals surface area (Å²) in [4.78, 5) is 11.8. The first-order valence-electron chi connectivity index (χ1n) is 6.03. The largest absolute Gasteiger partial charge is 0.374 e. The molecule has 96 valence electrons. The highest BCUT2D eigenvalue weighted by Crippen LogP contribution is 2.18. The number of rotatable bonds is 2. The van der Waals surface area contributed by atoms with E-state index in [1.807, 2.05) is 0 Å². The van der Waals surface area contributed by atoms with E-state index in [4.69, 9.17) is 0 Å². The van der Waals surface area contributed by atoms with E-state index in [2.05, 4.69) is 17.2 Å². The van der Waals surface area contributed by atoms with Crippen molar-refractivity contribution >= 4 is 11.6 Å². The standard InChI is InChI=1S/C14H17FN2O/c1-9-3-6-13(14(18)16-8-9)17-11-5-4-10(2)12(15)7-11/h4-5,7,13,17H,1,3,6,8H2,2H3,(H,16,18). The SMILES string of the molecule is C=C1CCC(Nc2ccc(C)c(F)c2)C(=O)NC1. The van der Waals surface area contributed by atoms with Gasteiger partial charge in [-0.15, -0.1) is 0 Å². The van der Waals surface area contributed by atoms with Crippen molar-refractivity contribution in [3.8, 4) is 0 Å². The molecule has 0 spiro atoms. The van der Waals surface area contributed by atoms with Gasteiger partial charge in [-0.05, 0) is 37.5 Å². The van der Waals surface area contributed by atoms with Gasteiger partial charge in [-0.1, -0.05) is 18.2 Å². The van der Waals surface area contributed by atoms with Gasteiger partial charge in [0.2, 0.25) is 5.91 Å². The zero-order valence-corrected chi connectivity index (χ0v) is 10.4. The van der Waals surface area contributed by atoms with Gasteiger partial charge in [0.15, 0.2) is 0 Å². The molecule has 1 unspecified atom stereocenters. The van der Waals surface area contributed by atoms with Crippen molar-refractivity contribution < 1.29 is 9.18 Å². The molecule has 1 aliphatic heterocycles. The Labute approximate surface area is 106 Å². The lowest BCUT2D eigenvalue weighted by Gasteiger charge is -2.16. The first-order chi connectivity index (χ1) is 8.56. The lowest BCUT2D eigenvalue weighted by molar-refractivity contribution is -0.121. The summed E-state index contributed by atoms with van der Waals surface area (Å²) >= 11 is 0. The van der Waals surface area contributed by atoms with Gasteiger partial charge in [0.1, 0.15) is 11.9 Å². The van der Waals surface area contributed by atoms with Crippen LogP contribution in [0, 0.1) is 12.7 Å². The number of carbonyl (C=O) groups excluding carboxylic acids is 1. The first kappa shape index (κ1) is 12.6. The van der Waals surface area contributed by atoms with E-state index in [0.717, 1.165) is 12.0 Å². The summed E-state index contributed by atoms with van der Waals surface area (Å²) in [6.07, 6.45) is 1.48. The van der Waals surface area contributed by atoms with Crippen molar-refractivity contribution in [2.24, 2.45) is 0 Å². The Balaban J connectivity index is 2.09. The molecule has 4 heteroatoms. The summed E-state index contributed by atoms with van der Waals surface area (Å²) in [5.41, 5.74) is 2.24. The number of amides is 1. The highest BCUT2D eigenvalue weighted by Gasteiger charge is 2.21. The number of carbonyl (C=O) groups is 1. The summed E-state index contributed by atoms with van der Waals surface area (Å²) in [6, 6.07) is 4.57. The third-order valence-electron chi connectivity index (χ3n) is 3.13. The lowest BCUT2D eigenvalue weighted by atomic mass is 10.1. The fourth-order valence-corrected chi connectivity index (χ4v) is 1.92. The van der Waals surface area contributed by atoms with Crippen LogP contribution in [0.2, 0.25) is 0 Å². The van der Waals surface area contributed by atoms with Crippen LogP contribution in [0.25, 0.3) is 0 Å². The molecule has 1 saturated heterocycles. The van der Waals surface area contributed by atoms with Crippen LogP contribution in [0.3, 0.4) is 0 Å². The minimum Gasteiger partial charge on any atom is -0.374 e. The maximum absolute atomic E-state index is 13.4. The van der Waals surface area contributed by atoms with E-state index in [-0.39, 0.29) is 17.8 Å². The van der Waals surface area contributed by atoms with Crippen LogP contribution < -0.4 is 10.6 Å². The Morgan fingerprint density at radius 3 is 3.00 bits per heavy atom. The number of halogens is 1. The molecule has 0 saturated carbocycles. The van der Waals surface area contributed by atoms with Crippen LogP contribution in [-0.4, -0.2) is 18.5 Å². The summed E-state index contributed by atoms with van der Waals surface area (Å²) in [5, 5.41) is 5.86. The smallest absolute Gasteiger partial charge is 0.242 e. The van der Waals surface area contributed by atoms with Crippen LogP contribution in [0.4, 0.5) is 10.1 Å². The lowest BCUT2D eigenvalue weighted by Crippen LogP contribution is -2.37. The molecule has 3 nitrogen and oxygen atoms in total. The minimum atomic E-state index is -0.327. The van der Waals surface area contributed by atoms with Crippen LogP contribution in [-0.2, 0) is 4.79 Å². The Bertz CT molecular complexity index is 485. The topological polar surface area (TPSA) is 41.1 Å². The van der Waals surface area contributed by atoms with Crippen molar-refractivity contribution in [1.29, 1.82) is 0 Å². The monoisotopic (exact) mass is 248 g/mol. The molecule has 1 aromatic carbocycles. The maximum atomic E-state index is 13.4.